The van der Waals surface area contributed by atoms with Crippen molar-refractivity contribution in [2.24, 2.45) is 0 Å². The standard InChI is InChI=1S/2C7H9N5O.C5H10O.2C2HF3O.CH4O/c2*1-3-9-5(8)4-6(10-3)12-7(11-4)13-2;1-2-4-6-5-3-1;2*3-2(4,5)1-6;1-2/h2*1-2H3,(H3,8,9,10,11,12);1-5H2;2*1H;2H,1H3. The molecule has 258 valence electrons. The Bertz CT molecular complexity index is 1360. The van der Waals surface area contributed by atoms with E-state index in [2.05, 4.69) is 39.9 Å². The van der Waals surface area contributed by atoms with Gasteiger partial charge in [0.2, 0.25) is 12.6 Å². The van der Waals surface area contributed by atoms with Gasteiger partial charge in [-0.05, 0) is 33.1 Å². The Kier molecular flexibility index (Phi) is 18.1. The van der Waals surface area contributed by atoms with Gasteiger partial charge >= 0.3 is 12.4 Å². The maximum absolute atomic E-state index is 10.4. The van der Waals surface area contributed by atoms with Gasteiger partial charge in [-0.15, -0.1) is 0 Å². The number of aliphatic hydroxyl groups excluding tert-OH is 1. The van der Waals surface area contributed by atoms with E-state index in [9.17, 15) is 26.3 Å². The highest BCUT2D eigenvalue weighted by atomic mass is 19.4. The molecule has 0 atom stereocenters. The molecule has 1 aliphatic rings. The molecule has 0 aromatic carbocycles. The summed E-state index contributed by atoms with van der Waals surface area (Å²) in [5.74, 6) is 1.97. The van der Waals surface area contributed by atoms with Crippen LogP contribution in [0.5, 0.6) is 12.0 Å². The zero-order chi connectivity index (χ0) is 35.5. The van der Waals surface area contributed by atoms with Crippen LogP contribution in [0.25, 0.3) is 22.3 Å². The van der Waals surface area contributed by atoms with Gasteiger partial charge in [-0.3, -0.25) is 9.59 Å². The highest BCUT2D eigenvalue weighted by Gasteiger charge is 2.25. The molecule has 22 heteroatoms. The van der Waals surface area contributed by atoms with Crippen molar-refractivity contribution in [2.45, 2.75) is 45.5 Å². The van der Waals surface area contributed by atoms with E-state index in [0.29, 0.717) is 57.6 Å². The summed E-state index contributed by atoms with van der Waals surface area (Å²) >= 11 is 0. The van der Waals surface area contributed by atoms with Crippen molar-refractivity contribution < 1.29 is 55.2 Å². The van der Waals surface area contributed by atoms with Gasteiger partial charge in [-0.25, -0.2) is 19.9 Å². The first-order valence-electron chi connectivity index (χ1n) is 12.7. The molecule has 5 rings (SSSR count). The Morgan fingerprint density at radius 3 is 1.24 bits per heavy atom. The number of halogens is 6. The zero-order valence-electron chi connectivity index (χ0n) is 25.3. The molecule has 1 aliphatic heterocycles. The van der Waals surface area contributed by atoms with Crippen LogP contribution in [0.15, 0.2) is 0 Å². The Morgan fingerprint density at radius 2 is 1.02 bits per heavy atom. The van der Waals surface area contributed by atoms with Crippen molar-refractivity contribution in [3.63, 3.8) is 0 Å². The molecule has 0 saturated carbocycles. The van der Waals surface area contributed by atoms with Crippen LogP contribution in [0, 0.1) is 13.8 Å². The van der Waals surface area contributed by atoms with Crippen LogP contribution in [0.1, 0.15) is 30.9 Å². The number of H-pyrrole nitrogens is 2. The number of aryl methyl sites for hydroxylation is 2. The summed E-state index contributed by atoms with van der Waals surface area (Å²) in [6, 6.07) is 0.781. The summed E-state index contributed by atoms with van der Waals surface area (Å²) in [5, 5.41) is 7.00. The molecule has 0 spiro atoms. The number of aromatic amines is 2. The fraction of sp³-hybridized carbons (Fsp3) is 0.500. The number of nitrogens with two attached hydrogens (primary N) is 2. The largest absolute Gasteiger partial charge is 0.468 e. The molecule has 16 nitrogen and oxygen atoms in total. The second kappa shape index (κ2) is 20.2. The lowest BCUT2D eigenvalue weighted by molar-refractivity contribution is -0.156. The number of anilines is 2. The van der Waals surface area contributed by atoms with Crippen LogP contribution in [0.2, 0.25) is 0 Å². The number of nitrogens with zero attached hydrogens (tertiary/aromatic N) is 6. The van der Waals surface area contributed by atoms with E-state index < -0.39 is 24.9 Å². The number of fused-ring (bicyclic) bond motifs is 2. The lowest BCUT2D eigenvalue weighted by Crippen LogP contribution is -2.07. The third kappa shape index (κ3) is 16.3. The van der Waals surface area contributed by atoms with Crippen molar-refractivity contribution in [1.29, 1.82) is 0 Å². The summed E-state index contributed by atoms with van der Waals surface area (Å²) in [6.07, 6.45) is -7.47. The maximum atomic E-state index is 10.4. The van der Waals surface area contributed by atoms with Crippen LogP contribution in [-0.4, -0.2) is 104 Å². The van der Waals surface area contributed by atoms with Crippen LogP contribution in [-0.2, 0) is 14.3 Å². The number of aliphatic hydroxyl groups is 1. The van der Waals surface area contributed by atoms with Gasteiger partial charge < -0.3 is 40.8 Å². The Hall–Kier alpha value is -4.86. The van der Waals surface area contributed by atoms with E-state index in [1.165, 1.54) is 33.5 Å². The average Bonchev–Trinajstić information content (AvgIpc) is 3.64. The van der Waals surface area contributed by atoms with E-state index in [1.54, 1.807) is 13.8 Å². The predicted octanol–water partition coefficient (Wildman–Crippen LogP) is 2.79. The number of aldehydes is 2. The number of ether oxygens (including phenoxy) is 3. The van der Waals surface area contributed by atoms with Crippen molar-refractivity contribution in [2.75, 3.05) is 46.0 Å². The summed E-state index contributed by atoms with van der Waals surface area (Å²) in [4.78, 5) is 47.4. The molecule has 5 heterocycles. The highest BCUT2D eigenvalue weighted by molar-refractivity contribution is 5.82. The van der Waals surface area contributed by atoms with Gasteiger partial charge in [-0.1, -0.05) is 0 Å². The quantitative estimate of drug-likeness (QED) is 0.152. The normalized spacial score (nSPS) is 12.2. The lowest BCUT2D eigenvalue weighted by Gasteiger charge is -2.08. The lowest BCUT2D eigenvalue weighted by atomic mass is 10.2. The fourth-order valence-corrected chi connectivity index (χ4v) is 2.90. The molecule has 1 saturated heterocycles. The van der Waals surface area contributed by atoms with Crippen LogP contribution < -0.4 is 20.9 Å². The number of rotatable bonds is 2. The van der Waals surface area contributed by atoms with E-state index in [0.717, 1.165) is 20.3 Å². The molecule has 0 aliphatic carbocycles. The number of nitrogens with one attached hydrogen (secondary N) is 2. The Morgan fingerprint density at radius 1 is 0.696 bits per heavy atom. The monoisotopic (exact) mass is 672 g/mol. The maximum Gasteiger partial charge on any atom is 0.446 e. The first-order valence-corrected chi connectivity index (χ1v) is 12.7. The molecular weight excluding hydrogens is 638 g/mol. The van der Waals surface area contributed by atoms with Crippen molar-refractivity contribution in [3.05, 3.63) is 11.6 Å². The minimum Gasteiger partial charge on any atom is -0.468 e. The van der Waals surface area contributed by atoms with Crippen molar-refractivity contribution >= 4 is 46.5 Å². The SMILES string of the molecule is C1CCOCC1.CO.COc1nc2nc(C)nc(N)c2[nH]1.COc1nc2nc(C)nc(N)c2[nH]1.O=CC(F)(F)F.O=CC(F)(F)F. The Balaban J connectivity index is 0.000000572. The number of methoxy groups -OCH3 is 2. The minimum atomic E-state index is -4.64. The molecule has 7 N–H and O–H groups in total. The molecule has 0 unspecified atom stereocenters. The summed E-state index contributed by atoms with van der Waals surface area (Å²) < 4.78 is 77.4. The van der Waals surface area contributed by atoms with E-state index in [-0.39, 0.29) is 0 Å². The molecule has 0 radical (unpaired) electrons. The number of hydrogen-bond donors (Lipinski definition) is 5. The van der Waals surface area contributed by atoms with Gasteiger partial charge in [-0.2, -0.15) is 36.3 Å². The van der Waals surface area contributed by atoms with Gasteiger partial charge in [0.15, 0.2) is 22.9 Å². The first-order chi connectivity index (χ1) is 21.5. The number of alkyl halides is 6. The van der Waals surface area contributed by atoms with Crippen LogP contribution in [0.3, 0.4) is 0 Å². The van der Waals surface area contributed by atoms with Gasteiger partial charge in [0.05, 0.1) is 14.2 Å². The molecular formula is C24H34F6N10O6. The van der Waals surface area contributed by atoms with Gasteiger partial charge in [0, 0.05) is 20.3 Å². The predicted molar refractivity (Wildman–Crippen MR) is 152 cm³/mol. The third-order valence-electron chi connectivity index (χ3n) is 4.67. The van der Waals surface area contributed by atoms with Crippen LogP contribution in [0.4, 0.5) is 38.0 Å². The zero-order valence-corrected chi connectivity index (χ0v) is 25.3. The molecule has 46 heavy (non-hydrogen) atoms. The molecule has 4 aromatic rings. The number of carbonyl (C=O) groups is 2. The first kappa shape index (κ1) is 41.1. The molecule has 1 fully saturated rings. The minimum absolute atomic E-state index is 0.387. The van der Waals surface area contributed by atoms with Crippen LogP contribution >= 0.6 is 0 Å². The highest BCUT2D eigenvalue weighted by Crippen LogP contribution is 2.19. The smallest absolute Gasteiger partial charge is 0.446 e. The summed E-state index contributed by atoms with van der Waals surface area (Å²) in [7, 11) is 4.04. The second-order valence-corrected chi connectivity index (χ2v) is 8.19. The van der Waals surface area contributed by atoms with Gasteiger partial charge in [0.1, 0.15) is 22.7 Å². The second-order valence-electron chi connectivity index (χ2n) is 8.19. The number of nitrogen functional groups attached to an aromatic ring is 2. The number of carbonyl (C=O) groups excluding carboxylic acids is 2. The average molecular weight is 673 g/mol. The summed E-state index contributed by atoms with van der Waals surface area (Å²) in [6.45, 7) is 5.52. The van der Waals surface area contributed by atoms with E-state index >= 15 is 0 Å². The number of hydrogen-bond acceptors (Lipinski definition) is 14. The third-order valence-corrected chi connectivity index (χ3v) is 4.67. The van der Waals surface area contributed by atoms with Crippen molar-refractivity contribution in [3.8, 4) is 12.0 Å². The fourth-order valence-electron chi connectivity index (χ4n) is 2.90. The molecule has 0 amide bonds. The molecule has 4 aromatic heterocycles. The topological polar surface area (TPSA) is 243 Å². The molecule has 0 bridgehead atoms. The van der Waals surface area contributed by atoms with Gasteiger partial charge in [0.25, 0.3) is 12.0 Å². The number of aromatic nitrogens is 8. The summed E-state index contributed by atoms with van der Waals surface area (Å²) in [5.41, 5.74) is 13.6. The van der Waals surface area contributed by atoms with Crippen molar-refractivity contribution in [1.82, 2.24) is 39.9 Å². The van der Waals surface area contributed by atoms with E-state index in [4.69, 9.17) is 40.4 Å². The van der Waals surface area contributed by atoms with E-state index in [1.807, 2.05) is 0 Å². The Labute approximate surface area is 257 Å². The number of imidazole rings is 2.